The van der Waals surface area contributed by atoms with Crippen LogP contribution in [0.25, 0.3) is 5.95 Å². The molecule has 0 radical (unpaired) electrons. The van der Waals surface area contributed by atoms with Gasteiger partial charge in [0.1, 0.15) is 17.2 Å². The number of amides is 2. The highest BCUT2D eigenvalue weighted by Crippen LogP contribution is 2.34. The molecule has 1 saturated heterocycles. The second kappa shape index (κ2) is 33.4. The molecule has 9 aromatic rings. The van der Waals surface area contributed by atoms with Crippen molar-refractivity contribution in [1.82, 2.24) is 68.5 Å². The predicted octanol–water partition coefficient (Wildman–Crippen LogP) is 7.80. The van der Waals surface area contributed by atoms with Gasteiger partial charge in [0, 0.05) is 76.7 Å². The molecular weight excluding hydrogens is 1320 g/mol. The van der Waals surface area contributed by atoms with E-state index in [0.717, 1.165) is 73.2 Å². The number of aryl methyl sites for hydroxylation is 3. The number of benzene rings is 5. The lowest BCUT2D eigenvalue weighted by atomic mass is 10.1. The zero-order valence-electron chi connectivity index (χ0n) is 55.8. The number of anilines is 5. The van der Waals surface area contributed by atoms with E-state index in [1.165, 1.54) is 44.0 Å². The summed E-state index contributed by atoms with van der Waals surface area (Å²) in [5, 5.41) is 25.4. The third-order valence-electron chi connectivity index (χ3n) is 14.7. The van der Waals surface area contributed by atoms with Crippen molar-refractivity contribution in [3.8, 4) is 23.2 Å². The van der Waals surface area contributed by atoms with E-state index in [9.17, 15) is 60.2 Å². The number of carbonyl (C=O) groups excluding carboxylic acids is 1. The number of aliphatic hydroxyl groups is 1. The maximum absolute atomic E-state index is 13.9. The summed E-state index contributed by atoms with van der Waals surface area (Å²) in [6.45, 7) is 13.2. The first-order chi connectivity index (χ1) is 47.7. The highest BCUT2D eigenvalue weighted by Gasteiger charge is 2.42. The first-order valence-electron chi connectivity index (χ1n) is 30.9. The molecule has 4 aromatic heterocycles. The quantitative estimate of drug-likeness (QED) is 0.0282. The number of aromatic amines is 2. The van der Waals surface area contributed by atoms with E-state index >= 15 is 0 Å². The highest BCUT2D eigenvalue weighted by atomic mass is 19.2. The smallest absolute Gasteiger partial charge is 0.354 e. The van der Waals surface area contributed by atoms with Gasteiger partial charge in [-0.05, 0) is 116 Å². The Labute approximate surface area is 565 Å². The van der Waals surface area contributed by atoms with E-state index < -0.39 is 81.5 Å². The molecule has 528 valence electrons. The SMILES string of the molecule is CCCOc1ccc(C)c(N=C2NC(=O)N(C)C3=NCC(c4cc(F)c(F)c(F)c4)N23)c1.CCCOc1ccc(C)c(Nc2nc(=O)n(C)c(=O)[nH]2)c1.CCCOc1ccc(C)c(Nc2nc(NCC(O)c3cc(F)c(F)c(F)c3)n(C)c(=O)n2)c1.Cn1c(=O)nc(-n2cccn2)[nH]c1=O. The molecule has 100 heavy (non-hydrogen) atoms. The van der Waals surface area contributed by atoms with Gasteiger partial charge in [0.25, 0.3) is 0 Å². The average Bonchev–Trinajstić information content (AvgIpc) is 1.58. The Morgan fingerprint density at radius 3 is 1.69 bits per heavy atom. The number of guanidine groups is 2. The number of halogens is 6. The molecule has 35 heteroatoms. The molecule has 1 fully saturated rings. The third kappa shape index (κ3) is 18.4. The van der Waals surface area contributed by atoms with Crippen molar-refractivity contribution in [2.24, 2.45) is 31.1 Å². The molecule has 0 aliphatic carbocycles. The van der Waals surface area contributed by atoms with Gasteiger partial charge in [-0.15, -0.1) is 0 Å². The first kappa shape index (κ1) is 73.9. The molecule has 11 rings (SSSR count). The van der Waals surface area contributed by atoms with Crippen LogP contribution in [0.15, 0.2) is 131 Å². The number of nitrogens with zero attached hydrogens (tertiary/aromatic N) is 13. The van der Waals surface area contributed by atoms with Gasteiger partial charge in [0.2, 0.25) is 35.7 Å². The molecule has 2 amide bonds. The Bertz CT molecular complexity index is 4700. The normalized spacial score (nSPS) is 13.7. The van der Waals surface area contributed by atoms with Crippen LogP contribution in [0.1, 0.15) is 80.0 Å². The van der Waals surface area contributed by atoms with Crippen molar-refractivity contribution in [2.45, 2.75) is 73.0 Å². The number of rotatable bonds is 20. The molecule has 7 N–H and O–H groups in total. The summed E-state index contributed by atoms with van der Waals surface area (Å²) in [4.78, 5) is 102. The summed E-state index contributed by atoms with van der Waals surface area (Å²) in [6.07, 6.45) is 4.33. The van der Waals surface area contributed by atoms with E-state index in [4.69, 9.17) is 14.2 Å². The van der Waals surface area contributed by atoms with Gasteiger partial charge in [-0.2, -0.15) is 25.0 Å². The van der Waals surface area contributed by atoms with Crippen molar-refractivity contribution in [3.63, 3.8) is 0 Å². The van der Waals surface area contributed by atoms with Crippen LogP contribution in [0.2, 0.25) is 0 Å². The summed E-state index contributed by atoms with van der Waals surface area (Å²) in [6, 6.07) is 20.2. The number of aromatic nitrogens is 11. The van der Waals surface area contributed by atoms with Gasteiger partial charge >= 0.3 is 34.5 Å². The minimum atomic E-state index is -1.62. The number of aliphatic hydroxyl groups excluding tert-OH is 1. The second-order valence-electron chi connectivity index (χ2n) is 22.2. The zero-order chi connectivity index (χ0) is 72.6. The number of hydrogen-bond acceptors (Lipinski definition) is 20. The first-order valence-corrected chi connectivity index (χ1v) is 30.9. The second-order valence-corrected chi connectivity index (χ2v) is 22.2. The molecular formula is C65H71F6N19O10. The average molecular weight is 1390 g/mol. The Hall–Kier alpha value is -11.9. The summed E-state index contributed by atoms with van der Waals surface area (Å²) >= 11 is 0. The number of H-pyrrole nitrogens is 2. The molecule has 0 saturated carbocycles. The van der Waals surface area contributed by atoms with Gasteiger partial charge in [-0.3, -0.25) is 29.7 Å². The largest absolute Gasteiger partial charge is 0.494 e. The fraction of sp³-hybridized carbons (Fsp3) is 0.308. The lowest BCUT2D eigenvalue weighted by Gasteiger charge is -2.36. The third-order valence-corrected chi connectivity index (χ3v) is 14.7. The number of hydrogen-bond donors (Lipinski definition) is 7. The van der Waals surface area contributed by atoms with Crippen molar-refractivity contribution >= 4 is 52.9 Å². The van der Waals surface area contributed by atoms with Crippen LogP contribution in [0.5, 0.6) is 17.2 Å². The predicted molar refractivity (Wildman–Crippen MR) is 358 cm³/mol. The minimum absolute atomic E-state index is 0.00435. The highest BCUT2D eigenvalue weighted by molar-refractivity contribution is 6.16. The van der Waals surface area contributed by atoms with Crippen molar-refractivity contribution in [1.29, 1.82) is 0 Å². The number of fused-ring (bicyclic) bond motifs is 1. The monoisotopic (exact) mass is 1390 g/mol. The molecule has 2 aliphatic rings. The topological polar surface area (TPSA) is 345 Å². The van der Waals surface area contributed by atoms with E-state index in [1.807, 2.05) is 84.0 Å². The Morgan fingerprint density at radius 2 is 1.15 bits per heavy atom. The fourth-order valence-corrected chi connectivity index (χ4v) is 9.12. The molecule has 2 unspecified atom stereocenters. The van der Waals surface area contributed by atoms with Crippen molar-refractivity contribution in [3.05, 3.63) is 212 Å². The van der Waals surface area contributed by atoms with Crippen LogP contribution < -0.4 is 63.9 Å². The van der Waals surface area contributed by atoms with E-state index in [0.29, 0.717) is 54.8 Å². The summed E-state index contributed by atoms with van der Waals surface area (Å²) in [5.74, 6) is -5.86. The summed E-state index contributed by atoms with van der Waals surface area (Å²) < 4.78 is 102. The molecule has 2 atom stereocenters. The molecule has 0 spiro atoms. The minimum Gasteiger partial charge on any atom is -0.494 e. The number of nitrogens with one attached hydrogen (secondary N) is 6. The Balaban J connectivity index is 0.000000177. The maximum atomic E-state index is 13.9. The van der Waals surface area contributed by atoms with Crippen LogP contribution in [-0.2, 0) is 21.1 Å². The maximum Gasteiger partial charge on any atom is 0.354 e. The molecule has 2 aliphatic heterocycles. The number of urea groups is 1. The van der Waals surface area contributed by atoms with E-state index in [2.05, 4.69) is 66.3 Å². The van der Waals surface area contributed by atoms with Gasteiger partial charge in [-0.25, -0.2) is 78.9 Å². The number of carbonyl (C=O) groups is 1. The van der Waals surface area contributed by atoms with Crippen LogP contribution in [-0.4, -0.2) is 126 Å². The lowest BCUT2D eigenvalue weighted by molar-refractivity contribution is 0.190. The van der Waals surface area contributed by atoms with Gasteiger partial charge in [0.05, 0.1) is 44.2 Å². The Morgan fingerprint density at radius 1 is 0.630 bits per heavy atom. The fourth-order valence-electron chi connectivity index (χ4n) is 9.12. The standard InChI is InChI=1S/C22H24F3N5O3.C22H22F3N5O2.C14H18N4O3.C7H7N5O2/c1-4-7-33-14-6-5-12(2)17(10-14)27-20-28-21(30(3)22(32)29-20)26-11-18(31)13-8-15(23)19(25)16(24)9-13;1-4-7-32-14-6-5-12(2)17(10-14)27-20-28-22(31)29(3)21-26-11-18(30(20)21)13-8-15(23)19(25)16(24)9-13;1-4-7-21-10-6-5-9(2)11(8-10)15-12-16-13(19)18(3)14(20)17-12;1-11-6(13)9-5(10-7(11)14)12-4-2-3-8-12/h5-6,8-10,18,31H,4,7,11H2,1-3H3,(H2,26,27,28,29,32);5-6,8-10,18H,4,7,11H2,1-3H3,(H,27,28,31);5-6,8H,4,7H2,1-3H3,(H2,15,16,17,19,20);2-4H,1H3,(H,9,10,13,14). The van der Waals surface area contributed by atoms with Gasteiger partial charge in [0.15, 0.2) is 34.9 Å². The van der Waals surface area contributed by atoms with Crippen LogP contribution >= 0.6 is 0 Å². The summed E-state index contributed by atoms with van der Waals surface area (Å²) in [7, 11) is 5.66. The van der Waals surface area contributed by atoms with Crippen LogP contribution in [0.3, 0.4) is 0 Å². The molecule has 5 aromatic carbocycles. The van der Waals surface area contributed by atoms with Crippen molar-refractivity contribution in [2.75, 3.05) is 55.9 Å². The molecule has 0 bridgehead atoms. The van der Waals surface area contributed by atoms with E-state index in [1.54, 1.807) is 29.3 Å². The molecule has 6 heterocycles. The van der Waals surface area contributed by atoms with Crippen molar-refractivity contribution < 1.29 is 50.5 Å². The number of ether oxygens (including phenoxy) is 3. The van der Waals surface area contributed by atoms with Gasteiger partial charge < -0.3 is 35.3 Å². The number of aliphatic imine (C=N–C) groups is 2. The molecule has 29 nitrogen and oxygen atoms in total. The Kier molecular flexibility index (Phi) is 24.7. The van der Waals surface area contributed by atoms with E-state index in [-0.39, 0.29) is 59.9 Å². The zero-order valence-corrected chi connectivity index (χ0v) is 55.8. The summed E-state index contributed by atoms with van der Waals surface area (Å²) in [5.41, 5.74) is 1.68. The van der Waals surface area contributed by atoms with Gasteiger partial charge in [-0.1, -0.05) is 39.0 Å². The van der Waals surface area contributed by atoms with Crippen LogP contribution in [0, 0.1) is 55.7 Å². The lowest BCUT2D eigenvalue weighted by Crippen LogP contribution is -2.61. The van der Waals surface area contributed by atoms with Crippen LogP contribution in [0.4, 0.5) is 66.0 Å².